The fourth-order valence-electron chi connectivity index (χ4n) is 1.68. The standard InChI is InChI=1S/C13H12Cl2N4S/c1-7(9-3-2-8(14)4-10(9)15)19-12-6-17-11(5-18-12)13(16)20/h2-7H,1H3,(H2,16,20)(H,18,19). The molecule has 0 fully saturated rings. The van der Waals surface area contributed by atoms with Crippen LogP contribution in [0.2, 0.25) is 10.0 Å². The average molecular weight is 327 g/mol. The summed E-state index contributed by atoms with van der Waals surface area (Å²) in [5.74, 6) is 0.614. The molecule has 1 aromatic carbocycles. The van der Waals surface area contributed by atoms with Crippen molar-refractivity contribution in [1.29, 1.82) is 0 Å². The lowest BCUT2D eigenvalue weighted by atomic mass is 10.1. The summed E-state index contributed by atoms with van der Waals surface area (Å²) in [6.07, 6.45) is 3.11. The van der Waals surface area contributed by atoms with Crippen molar-refractivity contribution in [1.82, 2.24) is 9.97 Å². The quantitative estimate of drug-likeness (QED) is 0.840. The Hall–Kier alpha value is -1.43. The molecule has 0 spiro atoms. The molecule has 0 aliphatic heterocycles. The highest BCUT2D eigenvalue weighted by Crippen LogP contribution is 2.27. The second-order valence-electron chi connectivity index (χ2n) is 4.18. The summed E-state index contributed by atoms with van der Waals surface area (Å²) >= 11 is 16.9. The fraction of sp³-hybridized carbons (Fsp3) is 0.154. The van der Waals surface area contributed by atoms with Gasteiger partial charge in [0.25, 0.3) is 0 Å². The van der Waals surface area contributed by atoms with Gasteiger partial charge in [-0.15, -0.1) is 0 Å². The van der Waals surface area contributed by atoms with Crippen molar-refractivity contribution in [3.8, 4) is 0 Å². The first-order valence-electron chi connectivity index (χ1n) is 5.80. The van der Waals surface area contributed by atoms with Gasteiger partial charge in [0.1, 0.15) is 16.5 Å². The van der Waals surface area contributed by atoms with Gasteiger partial charge in [0.15, 0.2) is 0 Å². The molecule has 4 nitrogen and oxygen atoms in total. The number of halogens is 2. The summed E-state index contributed by atoms with van der Waals surface area (Å²) in [6.45, 7) is 1.97. The molecule has 0 amide bonds. The van der Waals surface area contributed by atoms with Crippen LogP contribution < -0.4 is 11.1 Å². The van der Waals surface area contributed by atoms with Crippen LogP contribution in [0.4, 0.5) is 5.82 Å². The molecule has 0 bridgehead atoms. The highest BCUT2D eigenvalue weighted by atomic mass is 35.5. The summed E-state index contributed by atoms with van der Waals surface area (Å²) < 4.78 is 0. The van der Waals surface area contributed by atoms with Crippen molar-refractivity contribution in [2.24, 2.45) is 5.73 Å². The van der Waals surface area contributed by atoms with Crippen LogP contribution in [0.15, 0.2) is 30.6 Å². The Kier molecular flexibility index (Phi) is 4.75. The molecule has 1 heterocycles. The average Bonchev–Trinajstić information content (AvgIpc) is 2.39. The van der Waals surface area contributed by atoms with Crippen LogP contribution in [0.5, 0.6) is 0 Å². The summed E-state index contributed by atoms with van der Waals surface area (Å²) in [5.41, 5.74) is 6.88. The number of benzene rings is 1. The predicted octanol–water partition coefficient (Wildman–Crippen LogP) is 3.59. The van der Waals surface area contributed by atoms with E-state index in [4.69, 9.17) is 41.2 Å². The molecule has 1 atom stereocenters. The molecule has 0 aliphatic carbocycles. The largest absolute Gasteiger partial charge is 0.388 e. The maximum absolute atomic E-state index is 6.16. The summed E-state index contributed by atoms with van der Waals surface area (Å²) in [4.78, 5) is 8.54. The molecule has 3 N–H and O–H groups in total. The lowest BCUT2D eigenvalue weighted by molar-refractivity contribution is 0.871. The van der Waals surface area contributed by atoms with E-state index in [0.717, 1.165) is 5.56 Å². The van der Waals surface area contributed by atoms with Gasteiger partial charge in [0, 0.05) is 10.0 Å². The van der Waals surface area contributed by atoms with Crippen LogP contribution in [0.3, 0.4) is 0 Å². The first kappa shape index (κ1) is 15.0. The maximum atomic E-state index is 6.16. The van der Waals surface area contributed by atoms with Gasteiger partial charge in [0.2, 0.25) is 0 Å². The van der Waals surface area contributed by atoms with Crippen LogP contribution in [-0.4, -0.2) is 15.0 Å². The van der Waals surface area contributed by atoms with Gasteiger partial charge in [-0.3, -0.25) is 0 Å². The van der Waals surface area contributed by atoms with Crippen LogP contribution in [0.1, 0.15) is 24.2 Å². The number of hydrogen-bond acceptors (Lipinski definition) is 4. The molecule has 7 heteroatoms. The molecule has 0 aliphatic rings. The van der Waals surface area contributed by atoms with Crippen molar-refractivity contribution >= 4 is 46.2 Å². The molecular formula is C13H12Cl2N4S. The minimum Gasteiger partial charge on any atom is -0.388 e. The van der Waals surface area contributed by atoms with E-state index in [1.165, 1.54) is 6.20 Å². The Bertz CT molecular complexity index is 631. The van der Waals surface area contributed by atoms with Gasteiger partial charge in [-0.25, -0.2) is 9.97 Å². The van der Waals surface area contributed by atoms with Gasteiger partial charge in [0.05, 0.1) is 18.4 Å². The zero-order valence-electron chi connectivity index (χ0n) is 10.6. The van der Waals surface area contributed by atoms with Crippen molar-refractivity contribution in [3.05, 3.63) is 51.9 Å². The van der Waals surface area contributed by atoms with Crippen LogP contribution in [0, 0.1) is 0 Å². The van der Waals surface area contributed by atoms with Crippen molar-refractivity contribution in [2.75, 3.05) is 5.32 Å². The minimum atomic E-state index is -0.0373. The molecule has 1 aromatic heterocycles. The highest BCUT2D eigenvalue weighted by Gasteiger charge is 2.11. The third-order valence-electron chi connectivity index (χ3n) is 2.70. The van der Waals surface area contributed by atoms with E-state index in [0.29, 0.717) is 21.6 Å². The molecule has 0 saturated carbocycles. The van der Waals surface area contributed by atoms with Crippen LogP contribution >= 0.6 is 35.4 Å². The molecule has 2 aromatic rings. The third-order valence-corrected chi connectivity index (χ3v) is 3.47. The van der Waals surface area contributed by atoms with Gasteiger partial charge in [-0.05, 0) is 24.6 Å². The summed E-state index contributed by atoms with van der Waals surface area (Å²) in [5, 5.41) is 4.40. The van der Waals surface area contributed by atoms with Gasteiger partial charge < -0.3 is 11.1 Å². The van der Waals surface area contributed by atoms with E-state index < -0.39 is 0 Å². The van der Waals surface area contributed by atoms with Crippen molar-refractivity contribution in [3.63, 3.8) is 0 Å². The monoisotopic (exact) mass is 326 g/mol. The normalized spacial score (nSPS) is 11.9. The number of nitrogens with one attached hydrogen (secondary N) is 1. The smallest absolute Gasteiger partial charge is 0.144 e. The predicted molar refractivity (Wildman–Crippen MR) is 86.4 cm³/mol. The number of anilines is 1. The van der Waals surface area contributed by atoms with E-state index in [1.807, 2.05) is 13.0 Å². The third kappa shape index (κ3) is 3.56. The fourth-order valence-corrected chi connectivity index (χ4v) is 2.36. The number of aromatic nitrogens is 2. The lowest BCUT2D eigenvalue weighted by Gasteiger charge is -2.16. The molecule has 0 radical (unpaired) electrons. The first-order valence-corrected chi connectivity index (χ1v) is 6.97. The number of hydrogen-bond donors (Lipinski definition) is 2. The summed E-state index contributed by atoms with van der Waals surface area (Å²) in [6, 6.07) is 5.34. The van der Waals surface area contributed by atoms with Gasteiger partial charge in [-0.2, -0.15) is 0 Å². The summed E-state index contributed by atoms with van der Waals surface area (Å²) in [7, 11) is 0. The lowest BCUT2D eigenvalue weighted by Crippen LogP contribution is -2.13. The SMILES string of the molecule is CC(Nc1cnc(C(N)=S)cn1)c1ccc(Cl)cc1Cl. The molecule has 20 heavy (non-hydrogen) atoms. The second kappa shape index (κ2) is 6.35. The maximum Gasteiger partial charge on any atom is 0.144 e. The van der Waals surface area contributed by atoms with Crippen molar-refractivity contribution < 1.29 is 0 Å². The first-order chi connectivity index (χ1) is 9.47. The molecule has 0 saturated heterocycles. The van der Waals surface area contributed by atoms with E-state index >= 15 is 0 Å². The molecule has 1 unspecified atom stereocenters. The van der Waals surface area contributed by atoms with Crippen molar-refractivity contribution in [2.45, 2.75) is 13.0 Å². The number of thiocarbonyl (C=S) groups is 1. The Labute approximate surface area is 132 Å². The van der Waals surface area contributed by atoms with Gasteiger partial charge in [-0.1, -0.05) is 41.5 Å². The van der Waals surface area contributed by atoms with E-state index in [1.54, 1.807) is 18.3 Å². The minimum absolute atomic E-state index is 0.0373. The van der Waals surface area contributed by atoms with E-state index in [2.05, 4.69) is 15.3 Å². The zero-order valence-corrected chi connectivity index (χ0v) is 12.9. The Balaban J connectivity index is 2.14. The molecule has 2 rings (SSSR count). The van der Waals surface area contributed by atoms with Crippen LogP contribution in [0.25, 0.3) is 0 Å². The van der Waals surface area contributed by atoms with E-state index in [9.17, 15) is 0 Å². The Morgan fingerprint density at radius 1 is 1.30 bits per heavy atom. The zero-order chi connectivity index (χ0) is 14.7. The number of rotatable bonds is 4. The topological polar surface area (TPSA) is 63.8 Å². The molecule has 104 valence electrons. The Morgan fingerprint density at radius 3 is 2.60 bits per heavy atom. The number of nitrogens with two attached hydrogens (primary N) is 1. The van der Waals surface area contributed by atoms with E-state index in [-0.39, 0.29) is 11.0 Å². The van der Waals surface area contributed by atoms with Gasteiger partial charge >= 0.3 is 0 Å². The molecular weight excluding hydrogens is 315 g/mol. The number of nitrogens with zero attached hydrogens (tertiary/aromatic N) is 2. The Morgan fingerprint density at radius 2 is 2.05 bits per heavy atom. The highest BCUT2D eigenvalue weighted by molar-refractivity contribution is 7.80. The second-order valence-corrected chi connectivity index (χ2v) is 5.47. The van der Waals surface area contributed by atoms with Crippen LogP contribution in [-0.2, 0) is 0 Å².